The lowest BCUT2D eigenvalue weighted by molar-refractivity contribution is -0.130. The number of benzene rings is 1. The Hall–Kier alpha value is -2.25. The molecule has 2 heterocycles. The van der Waals surface area contributed by atoms with E-state index in [1.807, 2.05) is 29.2 Å². The van der Waals surface area contributed by atoms with Crippen molar-refractivity contribution < 1.29 is 14.3 Å². The van der Waals surface area contributed by atoms with Crippen molar-refractivity contribution in [3.05, 3.63) is 34.7 Å². The summed E-state index contributed by atoms with van der Waals surface area (Å²) >= 11 is 7.45. The first-order valence-corrected chi connectivity index (χ1v) is 9.96. The maximum Gasteiger partial charge on any atom is 0.411 e. The first-order chi connectivity index (χ1) is 12.9. The fourth-order valence-electron chi connectivity index (χ4n) is 3.04. The van der Waals surface area contributed by atoms with E-state index in [0.29, 0.717) is 35.4 Å². The van der Waals surface area contributed by atoms with Crippen molar-refractivity contribution in [2.24, 2.45) is 5.92 Å². The predicted molar refractivity (Wildman–Crippen MR) is 109 cm³/mol. The molecule has 0 unspecified atom stereocenters. The molecule has 8 heteroatoms. The number of piperidine rings is 1. The molecule has 3 rings (SSSR count). The molecule has 1 fully saturated rings. The van der Waals surface area contributed by atoms with Crippen LogP contribution in [-0.4, -0.2) is 36.6 Å². The zero-order valence-electron chi connectivity index (χ0n) is 15.0. The predicted octanol–water partition coefficient (Wildman–Crippen LogP) is 4.46. The lowest BCUT2D eigenvalue weighted by atomic mass is 9.98. The van der Waals surface area contributed by atoms with Crippen molar-refractivity contribution in [3.63, 3.8) is 0 Å². The second-order valence-electron chi connectivity index (χ2n) is 6.58. The fourth-order valence-corrected chi connectivity index (χ4v) is 4.08. The highest BCUT2D eigenvalue weighted by molar-refractivity contribution is 7.19. The minimum atomic E-state index is -0.531. The highest BCUT2D eigenvalue weighted by Gasteiger charge is 2.22. The number of nitrogens with one attached hydrogen (secondary N) is 1. The minimum Gasteiger partial charge on any atom is -0.449 e. The van der Waals surface area contributed by atoms with Gasteiger partial charge in [-0.05, 0) is 48.6 Å². The number of carbonyl (C=O) groups excluding carboxylic acids is 2. The van der Waals surface area contributed by atoms with Crippen LogP contribution in [0.25, 0.3) is 10.4 Å². The molecule has 0 spiro atoms. The van der Waals surface area contributed by atoms with Crippen LogP contribution in [0.5, 0.6) is 0 Å². The average molecular weight is 408 g/mol. The van der Waals surface area contributed by atoms with E-state index in [2.05, 4.69) is 5.32 Å². The molecular weight excluding hydrogens is 386 g/mol. The van der Waals surface area contributed by atoms with Gasteiger partial charge in [0.1, 0.15) is 0 Å². The average Bonchev–Trinajstić information content (AvgIpc) is 3.08. The van der Waals surface area contributed by atoms with Crippen LogP contribution in [0.1, 0.15) is 19.8 Å². The number of likely N-dealkylation sites (tertiary alicyclic amines) is 1. The number of nitrogen functional groups attached to an aromatic ring is 1. The lowest BCUT2D eigenvalue weighted by Gasteiger charge is -2.30. The normalized spacial score (nSPS) is 14.8. The Kier molecular flexibility index (Phi) is 6.23. The van der Waals surface area contributed by atoms with E-state index in [4.69, 9.17) is 22.1 Å². The number of nitrogens with two attached hydrogens (primary N) is 1. The molecule has 1 saturated heterocycles. The van der Waals surface area contributed by atoms with E-state index in [1.54, 1.807) is 13.0 Å². The molecule has 144 valence electrons. The standard InChI is InChI=1S/C19H22ClN3O3S/c1-12(24)23-8-6-13(7-9-23)11-26-19(25)22-16-10-14(2-3-15(16)21)17-4-5-18(20)27-17/h2-5,10,13H,6-9,11,21H2,1H3,(H,22,25). The number of amides is 2. The summed E-state index contributed by atoms with van der Waals surface area (Å²) in [7, 11) is 0. The zero-order chi connectivity index (χ0) is 19.4. The molecule has 3 N–H and O–H groups in total. The molecule has 2 aromatic rings. The summed E-state index contributed by atoms with van der Waals surface area (Å²) in [5, 5.41) is 2.71. The van der Waals surface area contributed by atoms with Crippen LogP contribution in [0.4, 0.5) is 16.2 Å². The van der Waals surface area contributed by atoms with Crippen molar-refractivity contribution in [2.45, 2.75) is 19.8 Å². The second kappa shape index (κ2) is 8.63. The molecule has 1 aliphatic rings. The van der Waals surface area contributed by atoms with Gasteiger partial charge in [-0.2, -0.15) is 0 Å². The molecule has 6 nitrogen and oxygen atoms in total. The first-order valence-electron chi connectivity index (χ1n) is 8.77. The summed E-state index contributed by atoms with van der Waals surface area (Å²) < 4.78 is 6.06. The number of halogens is 1. The Labute approximate surface area is 167 Å². The van der Waals surface area contributed by atoms with Gasteiger partial charge in [0.25, 0.3) is 0 Å². The second-order valence-corrected chi connectivity index (χ2v) is 8.29. The van der Waals surface area contributed by atoms with Gasteiger partial charge in [-0.15, -0.1) is 11.3 Å². The van der Waals surface area contributed by atoms with Gasteiger partial charge in [0.15, 0.2) is 0 Å². The van der Waals surface area contributed by atoms with Crippen LogP contribution in [0.2, 0.25) is 4.34 Å². The van der Waals surface area contributed by atoms with Gasteiger partial charge in [0.05, 0.1) is 22.3 Å². The van der Waals surface area contributed by atoms with Crippen molar-refractivity contribution in [1.29, 1.82) is 0 Å². The summed E-state index contributed by atoms with van der Waals surface area (Å²) in [6.07, 6.45) is 1.14. The van der Waals surface area contributed by atoms with Gasteiger partial charge < -0.3 is 15.4 Å². The molecule has 0 saturated carbocycles. The van der Waals surface area contributed by atoms with E-state index in [-0.39, 0.29) is 11.8 Å². The number of rotatable bonds is 4. The molecule has 0 aliphatic carbocycles. The first kappa shape index (κ1) is 19.5. The fraction of sp³-hybridized carbons (Fsp3) is 0.368. The third-order valence-electron chi connectivity index (χ3n) is 4.66. The van der Waals surface area contributed by atoms with Crippen LogP contribution < -0.4 is 11.1 Å². The maximum atomic E-state index is 12.2. The van der Waals surface area contributed by atoms with Gasteiger partial charge in [0, 0.05) is 24.9 Å². The third kappa shape index (κ3) is 5.14. The molecule has 1 aromatic heterocycles. The Morgan fingerprint density at radius 1 is 1.30 bits per heavy atom. The summed E-state index contributed by atoms with van der Waals surface area (Å²) in [5.41, 5.74) is 7.87. The number of hydrogen-bond donors (Lipinski definition) is 2. The highest BCUT2D eigenvalue weighted by atomic mass is 35.5. The van der Waals surface area contributed by atoms with Crippen LogP contribution in [0.3, 0.4) is 0 Å². The topological polar surface area (TPSA) is 84.7 Å². The van der Waals surface area contributed by atoms with Crippen molar-refractivity contribution in [3.8, 4) is 10.4 Å². The lowest BCUT2D eigenvalue weighted by Crippen LogP contribution is -2.38. The van der Waals surface area contributed by atoms with Gasteiger partial charge in [-0.1, -0.05) is 17.7 Å². The molecule has 1 aromatic carbocycles. The SMILES string of the molecule is CC(=O)N1CCC(COC(=O)Nc2cc(-c3ccc(Cl)s3)ccc2N)CC1. The summed E-state index contributed by atoms with van der Waals surface area (Å²) in [6, 6.07) is 9.20. The van der Waals surface area contributed by atoms with Crippen molar-refractivity contribution in [2.75, 3.05) is 30.7 Å². The van der Waals surface area contributed by atoms with Crippen molar-refractivity contribution in [1.82, 2.24) is 4.90 Å². The van der Waals surface area contributed by atoms with E-state index in [1.165, 1.54) is 11.3 Å². The Morgan fingerprint density at radius 2 is 2.04 bits per heavy atom. The number of nitrogens with zero attached hydrogens (tertiary/aromatic N) is 1. The molecule has 1 aliphatic heterocycles. The van der Waals surface area contributed by atoms with E-state index in [0.717, 1.165) is 23.3 Å². The molecule has 0 atom stereocenters. The van der Waals surface area contributed by atoms with Crippen LogP contribution in [0.15, 0.2) is 30.3 Å². The number of hydrogen-bond acceptors (Lipinski definition) is 5. The number of carbonyl (C=O) groups is 2. The largest absolute Gasteiger partial charge is 0.449 e. The Bertz CT molecular complexity index is 831. The monoisotopic (exact) mass is 407 g/mol. The third-order valence-corrected chi connectivity index (χ3v) is 5.94. The van der Waals surface area contributed by atoms with Gasteiger partial charge in [0.2, 0.25) is 5.91 Å². The smallest absolute Gasteiger partial charge is 0.411 e. The quantitative estimate of drug-likeness (QED) is 0.733. The van der Waals surface area contributed by atoms with Crippen LogP contribution >= 0.6 is 22.9 Å². The van der Waals surface area contributed by atoms with Crippen LogP contribution in [0, 0.1) is 5.92 Å². The highest BCUT2D eigenvalue weighted by Crippen LogP contribution is 2.34. The van der Waals surface area contributed by atoms with Gasteiger partial charge >= 0.3 is 6.09 Å². The van der Waals surface area contributed by atoms with Gasteiger partial charge in [-0.3, -0.25) is 10.1 Å². The van der Waals surface area contributed by atoms with E-state index in [9.17, 15) is 9.59 Å². The molecule has 2 amide bonds. The summed E-state index contributed by atoms with van der Waals surface area (Å²) in [4.78, 5) is 26.3. The van der Waals surface area contributed by atoms with Crippen molar-refractivity contribution >= 4 is 46.3 Å². The number of anilines is 2. The van der Waals surface area contributed by atoms with E-state index < -0.39 is 6.09 Å². The Balaban J connectivity index is 1.54. The summed E-state index contributed by atoms with van der Waals surface area (Å²) in [6.45, 7) is 3.33. The van der Waals surface area contributed by atoms with Gasteiger partial charge in [-0.25, -0.2) is 4.79 Å². The minimum absolute atomic E-state index is 0.0921. The summed E-state index contributed by atoms with van der Waals surface area (Å²) in [5.74, 6) is 0.359. The Morgan fingerprint density at radius 3 is 2.67 bits per heavy atom. The zero-order valence-corrected chi connectivity index (χ0v) is 16.6. The molecular formula is C19H22ClN3O3S. The molecule has 0 bridgehead atoms. The maximum absolute atomic E-state index is 12.2. The van der Waals surface area contributed by atoms with E-state index >= 15 is 0 Å². The number of ether oxygens (including phenoxy) is 1. The molecule has 0 radical (unpaired) electrons. The van der Waals surface area contributed by atoms with Crippen LogP contribution in [-0.2, 0) is 9.53 Å². The number of thiophene rings is 1. The molecule has 27 heavy (non-hydrogen) atoms.